The third kappa shape index (κ3) is 3.18. The SMILES string of the molecule is COC(=O)c1cc(F)c(C)cc1Nc1ccc(F)cc1C. The lowest BCUT2D eigenvalue weighted by Crippen LogP contribution is -2.07. The van der Waals surface area contributed by atoms with Crippen LogP contribution in [0.1, 0.15) is 21.5 Å². The topological polar surface area (TPSA) is 38.3 Å². The second-order valence-corrected chi connectivity index (χ2v) is 4.72. The lowest BCUT2D eigenvalue weighted by Gasteiger charge is -2.14. The number of halogens is 2. The summed E-state index contributed by atoms with van der Waals surface area (Å²) in [4.78, 5) is 11.7. The van der Waals surface area contributed by atoms with Gasteiger partial charge in [-0.2, -0.15) is 0 Å². The summed E-state index contributed by atoms with van der Waals surface area (Å²) in [6.07, 6.45) is 0. The summed E-state index contributed by atoms with van der Waals surface area (Å²) >= 11 is 0. The number of hydrogen-bond donors (Lipinski definition) is 1. The first-order valence-electron chi connectivity index (χ1n) is 6.34. The Morgan fingerprint density at radius 2 is 1.76 bits per heavy atom. The van der Waals surface area contributed by atoms with Gasteiger partial charge >= 0.3 is 5.97 Å². The summed E-state index contributed by atoms with van der Waals surface area (Å²) in [7, 11) is 1.23. The summed E-state index contributed by atoms with van der Waals surface area (Å²) in [5.74, 6) is -1.48. The van der Waals surface area contributed by atoms with Gasteiger partial charge in [0, 0.05) is 5.69 Å². The second kappa shape index (κ2) is 5.91. The minimum atomic E-state index is -0.642. The van der Waals surface area contributed by atoms with Crippen LogP contribution in [0.4, 0.5) is 20.2 Å². The number of carbonyl (C=O) groups is 1. The molecule has 0 fully saturated rings. The van der Waals surface area contributed by atoms with E-state index < -0.39 is 11.8 Å². The molecule has 0 aromatic heterocycles. The number of rotatable bonds is 3. The number of esters is 1. The maximum absolute atomic E-state index is 13.6. The molecule has 21 heavy (non-hydrogen) atoms. The number of benzene rings is 2. The van der Waals surface area contributed by atoms with Crippen molar-refractivity contribution < 1.29 is 18.3 Å². The number of carbonyl (C=O) groups excluding carboxylic acids is 1. The van der Waals surface area contributed by atoms with Crippen molar-refractivity contribution in [3.8, 4) is 0 Å². The zero-order chi connectivity index (χ0) is 15.6. The van der Waals surface area contributed by atoms with Gasteiger partial charge in [0.1, 0.15) is 11.6 Å². The van der Waals surface area contributed by atoms with Crippen LogP contribution in [0, 0.1) is 25.5 Å². The van der Waals surface area contributed by atoms with Crippen LogP contribution in [0.3, 0.4) is 0 Å². The maximum atomic E-state index is 13.6. The first-order valence-corrected chi connectivity index (χ1v) is 6.34. The fraction of sp³-hybridized carbons (Fsp3) is 0.188. The highest BCUT2D eigenvalue weighted by Crippen LogP contribution is 2.27. The Morgan fingerprint density at radius 3 is 2.38 bits per heavy atom. The third-order valence-corrected chi connectivity index (χ3v) is 3.16. The first-order chi connectivity index (χ1) is 9.92. The van der Waals surface area contributed by atoms with Crippen molar-refractivity contribution in [3.05, 3.63) is 58.7 Å². The van der Waals surface area contributed by atoms with Gasteiger partial charge < -0.3 is 10.1 Å². The average Bonchev–Trinajstić information content (AvgIpc) is 2.44. The normalized spacial score (nSPS) is 10.3. The highest BCUT2D eigenvalue weighted by molar-refractivity contribution is 5.96. The molecule has 110 valence electrons. The zero-order valence-electron chi connectivity index (χ0n) is 12.0. The molecule has 0 radical (unpaired) electrons. The molecule has 2 aromatic carbocycles. The van der Waals surface area contributed by atoms with E-state index >= 15 is 0 Å². The van der Waals surface area contributed by atoms with E-state index in [0.717, 1.165) is 6.07 Å². The number of ether oxygens (including phenoxy) is 1. The van der Waals surface area contributed by atoms with E-state index in [1.165, 1.54) is 25.3 Å². The van der Waals surface area contributed by atoms with Crippen molar-refractivity contribution >= 4 is 17.3 Å². The summed E-state index contributed by atoms with van der Waals surface area (Å²) in [6, 6.07) is 6.89. The van der Waals surface area contributed by atoms with E-state index in [2.05, 4.69) is 10.1 Å². The van der Waals surface area contributed by atoms with Crippen molar-refractivity contribution in [1.29, 1.82) is 0 Å². The highest BCUT2D eigenvalue weighted by Gasteiger charge is 2.16. The fourth-order valence-electron chi connectivity index (χ4n) is 1.98. The van der Waals surface area contributed by atoms with E-state index in [1.54, 1.807) is 19.9 Å². The Labute approximate surface area is 121 Å². The van der Waals surface area contributed by atoms with Crippen molar-refractivity contribution in [2.75, 3.05) is 12.4 Å². The number of anilines is 2. The molecule has 3 nitrogen and oxygen atoms in total. The van der Waals surface area contributed by atoms with Crippen molar-refractivity contribution in [2.24, 2.45) is 0 Å². The molecule has 1 N–H and O–H groups in total. The highest BCUT2D eigenvalue weighted by atomic mass is 19.1. The van der Waals surface area contributed by atoms with E-state index in [-0.39, 0.29) is 11.4 Å². The van der Waals surface area contributed by atoms with Gasteiger partial charge in [-0.05, 0) is 55.3 Å². The summed E-state index contributed by atoms with van der Waals surface area (Å²) in [5.41, 5.74) is 2.20. The molecule has 0 amide bonds. The summed E-state index contributed by atoms with van der Waals surface area (Å²) in [6.45, 7) is 3.33. The Morgan fingerprint density at radius 1 is 1.05 bits per heavy atom. The van der Waals surface area contributed by atoms with Gasteiger partial charge in [0.15, 0.2) is 0 Å². The van der Waals surface area contributed by atoms with Crippen LogP contribution in [-0.4, -0.2) is 13.1 Å². The number of aryl methyl sites for hydroxylation is 2. The fourth-order valence-corrected chi connectivity index (χ4v) is 1.98. The zero-order valence-corrected chi connectivity index (χ0v) is 12.0. The van der Waals surface area contributed by atoms with Crippen molar-refractivity contribution in [2.45, 2.75) is 13.8 Å². The third-order valence-electron chi connectivity index (χ3n) is 3.16. The van der Waals surface area contributed by atoms with E-state index in [4.69, 9.17) is 0 Å². The predicted molar refractivity (Wildman–Crippen MR) is 76.9 cm³/mol. The van der Waals surface area contributed by atoms with Gasteiger partial charge in [0.25, 0.3) is 0 Å². The predicted octanol–water partition coefficient (Wildman–Crippen LogP) is 4.11. The van der Waals surface area contributed by atoms with E-state index in [9.17, 15) is 13.6 Å². The van der Waals surface area contributed by atoms with Crippen LogP contribution in [0.2, 0.25) is 0 Å². The minimum Gasteiger partial charge on any atom is -0.465 e. The molecule has 0 saturated heterocycles. The number of nitrogens with one attached hydrogen (secondary N) is 1. The smallest absolute Gasteiger partial charge is 0.340 e. The van der Waals surface area contributed by atoms with Gasteiger partial charge in [0.2, 0.25) is 0 Å². The molecule has 0 bridgehead atoms. The molecule has 5 heteroatoms. The Balaban J connectivity index is 2.47. The van der Waals surface area contributed by atoms with Crippen molar-refractivity contribution in [3.63, 3.8) is 0 Å². The molecule has 0 heterocycles. The molecule has 2 aromatic rings. The quantitative estimate of drug-likeness (QED) is 0.865. The van der Waals surface area contributed by atoms with Gasteiger partial charge in [-0.3, -0.25) is 0 Å². The van der Waals surface area contributed by atoms with Crippen LogP contribution in [0.25, 0.3) is 0 Å². The summed E-state index contributed by atoms with van der Waals surface area (Å²) < 4.78 is 31.4. The van der Waals surface area contributed by atoms with Gasteiger partial charge in [0.05, 0.1) is 18.4 Å². The number of hydrogen-bond acceptors (Lipinski definition) is 3. The van der Waals surface area contributed by atoms with E-state index in [1.807, 2.05) is 0 Å². The van der Waals surface area contributed by atoms with Crippen LogP contribution >= 0.6 is 0 Å². The Hall–Kier alpha value is -2.43. The van der Waals surface area contributed by atoms with Crippen LogP contribution in [-0.2, 0) is 4.74 Å². The molecule has 2 rings (SSSR count). The van der Waals surface area contributed by atoms with Gasteiger partial charge in [-0.1, -0.05) is 0 Å². The monoisotopic (exact) mass is 291 g/mol. The van der Waals surface area contributed by atoms with Gasteiger partial charge in [-0.15, -0.1) is 0 Å². The lowest BCUT2D eigenvalue weighted by molar-refractivity contribution is 0.0601. The molecule has 0 spiro atoms. The van der Waals surface area contributed by atoms with Crippen LogP contribution in [0.5, 0.6) is 0 Å². The Kier molecular flexibility index (Phi) is 4.21. The molecular weight excluding hydrogens is 276 g/mol. The van der Waals surface area contributed by atoms with Gasteiger partial charge in [-0.25, -0.2) is 13.6 Å². The lowest BCUT2D eigenvalue weighted by atomic mass is 10.1. The first kappa shape index (κ1) is 15.0. The molecule has 0 saturated carbocycles. The average molecular weight is 291 g/mol. The summed E-state index contributed by atoms with van der Waals surface area (Å²) in [5, 5.41) is 3.02. The van der Waals surface area contributed by atoms with Crippen molar-refractivity contribution in [1.82, 2.24) is 0 Å². The maximum Gasteiger partial charge on any atom is 0.340 e. The van der Waals surface area contributed by atoms with Crippen LogP contribution in [0.15, 0.2) is 30.3 Å². The van der Waals surface area contributed by atoms with Crippen LogP contribution < -0.4 is 5.32 Å². The molecular formula is C16H15F2NO2. The van der Waals surface area contributed by atoms with E-state index in [0.29, 0.717) is 22.5 Å². The molecule has 0 aliphatic rings. The molecule has 0 aliphatic carbocycles. The molecule has 0 unspecified atom stereocenters. The minimum absolute atomic E-state index is 0.0873. The molecule has 0 atom stereocenters. The second-order valence-electron chi connectivity index (χ2n) is 4.72. The molecule has 0 aliphatic heterocycles. The largest absolute Gasteiger partial charge is 0.465 e. The Bertz CT molecular complexity index is 699. The standard InChI is InChI=1S/C16H15F2NO2/c1-9-7-15(12(8-13(9)18)16(20)21-3)19-14-5-4-11(17)6-10(14)2/h4-8,19H,1-3H3. The number of methoxy groups -OCH3 is 1.